The van der Waals surface area contributed by atoms with E-state index in [1.54, 1.807) is 0 Å². The van der Waals surface area contributed by atoms with Gasteiger partial charge in [-0.05, 0) is 0 Å². The Morgan fingerprint density at radius 2 is 1.29 bits per heavy atom. The van der Waals surface area contributed by atoms with Gasteiger partial charge in [-0.1, -0.05) is 26.7 Å². The van der Waals surface area contributed by atoms with Crippen LogP contribution >= 0.6 is 0 Å². The van der Waals surface area contributed by atoms with Crippen LogP contribution in [-0.4, -0.2) is 6.15 Å². The fraction of sp³-hybridized carbons (Fsp3) is 0.800. The first-order valence-corrected chi connectivity index (χ1v) is 2.32. The molecule has 2 heteroatoms. The van der Waals surface area contributed by atoms with Gasteiger partial charge in [-0.25, -0.2) is 0 Å². The Labute approximate surface area is 43.5 Å². The SMILES string of the molecule is CCCC.O=C=O. The van der Waals surface area contributed by atoms with Crippen LogP contribution in [0.25, 0.3) is 0 Å². The molecule has 0 amide bonds. The number of carbonyl (C=O) groups excluding carboxylic acids is 2. The molecule has 0 spiro atoms. The Bertz CT molecular complexity index is 42.0. The molecule has 0 atom stereocenters. The predicted octanol–water partition coefficient (Wildman–Crippen LogP) is 1.22. The summed E-state index contributed by atoms with van der Waals surface area (Å²) in [6.07, 6.45) is 2.89. The van der Waals surface area contributed by atoms with Crippen LogP contribution in [0.5, 0.6) is 0 Å². The first-order valence-electron chi connectivity index (χ1n) is 2.32. The van der Waals surface area contributed by atoms with Crippen LogP contribution < -0.4 is 0 Å². The Morgan fingerprint density at radius 1 is 1.14 bits per heavy atom. The maximum Gasteiger partial charge on any atom is 0.373 e. The third kappa shape index (κ3) is 426. The van der Waals surface area contributed by atoms with E-state index < -0.39 is 0 Å². The lowest BCUT2D eigenvalue weighted by molar-refractivity contribution is -0.191. The lowest BCUT2D eigenvalue weighted by Crippen LogP contribution is -1.47. The molecule has 0 fully saturated rings. The van der Waals surface area contributed by atoms with Crippen LogP contribution in [0.15, 0.2) is 0 Å². The second-order valence-corrected chi connectivity index (χ2v) is 1.08. The summed E-state index contributed by atoms with van der Waals surface area (Å²) in [5, 5.41) is 0. The summed E-state index contributed by atoms with van der Waals surface area (Å²) >= 11 is 0. The summed E-state index contributed by atoms with van der Waals surface area (Å²) in [7, 11) is 0. The average Bonchev–Trinajstić information content (AvgIpc) is 1.69. The molecule has 0 aromatic heterocycles. The van der Waals surface area contributed by atoms with Crippen molar-refractivity contribution in [2.75, 3.05) is 0 Å². The van der Waals surface area contributed by atoms with Crippen LogP contribution in [0.1, 0.15) is 26.7 Å². The molecule has 0 bridgehead atoms. The van der Waals surface area contributed by atoms with E-state index in [1.807, 2.05) is 0 Å². The van der Waals surface area contributed by atoms with Crippen molar-refractivity contribution in [2.45, 2.75) is 26.7 Å². The number of rotatable bonds is 1. The van der Waals surface area contributed by atoms with Crippen molar-refractivity contribution in [1.29, 1.82) is 0 Å². The highest BCUT2D eigenvalue weighted by Gasteiger charge is 1.56. The van der Waals surface area contributed by atoms with E-state index in [0.29, 0.717) is 0 Å². The van der Waals surface area contributed by atoms with E-state index in [9.17, 15) is 0 Å². The van der Waals surface area contributed by atoms with Crippen molar-refractivity contribution in [3.63, 3.8) is 0 Å². The van der Waals surface area contributed by atoms with Gasteiger partial charge in [0.25, 0.3) is 0 Å². The minimum absolute atomic E-state index is 0.250. The minimum atomic E-state index is 0.250. The van der Waals surface area contributed by atoms with Crippen LogP contribution in [0, 0.1) is 0 Å². The maximum absolute atomic E-state index is 8.12. The van der Waals surface area contributed by atoms with Gasteiger partial charge in [0.05, 0.1) is 0 Å². The molecular weight excluding hydrogens is 92.1 g/mol. The van der Waals surface area contributed by atoms with Gasteiger partial charge in [0.15, 0.2) is 0 Å². The molecule has 0 saturated carbocycles. The topological polar surface area (TPSA) is 34.1 Å². The maximum atomic E-state index is 8.12. The molecule has 7 heavy (non-hydrogen) atoms. The monoisotopic (exact) mass is 102 g/mol. The summed E-state index contributed by atoms with van der Waals surface area (Å²) in [6.45, 7) is 4.36. The first kappa shape index (κ1) is 9.63. The van der Waals surface area contributed by atoms with Crippen molar-refractivity contribution in [3.8, 4) is 0 Å². The normalized spacial score (nSPS) is 5.43. The Morgan fingerprint density at radius 3 is 1.29 bits per heavy atom. The van der Waals surface area contributed by atoms with E-state index in [-0.39, 0.29) is 6.15 Å². The van der Waals surface area contributed by atoms with Gasteiger partial charge in [0, 0.05) is 0 Å². The van der Waals surface area contributed by atoms with Crippen molar-refractivity contribution in [2.24, 2.45) is 0 Å². The fourth-order valence-corrected chi connectivity index (χ4v) is 0. The molecular formula is C5H10O2. The number of hydrogen-bond acceptors (Lipinski definition) is 2. The average molecular weight is 102 g/mol. The predicted molar refractivity (Wildman–Crippen MR) is 25.6 cm³/mol. The van der Waals surface area contributed by atoms with E-state index in [0.717, 1.165) is 0 Å². The lowest BCUT2D eigenvalue weighted by Gasteiger charge is -1.68. The third-order valence-corrected chi connectivity index (χ3v) is 0.500. The van der Waals surface area contributed by atoms with Crippen LogP contribution in [0.2, 0.25) is 0 Å². The molecule has 0 unspecified atom stereocenters. The van der Waals surface area contributed by atoms with Crippen LogP contribution in [0.4, 0.5) is 0 Å². The largest absolute Gasteiger partial charge is 0.373 e. The molecule has 0 aliphatic carbocycles. The van der Waals surface area contributed by atoms with E-state index in [1.165, 1.54) is 12.8 Å². The minimum Gasteiger partial charge on any atom is -0.186 e. The molecule has 0 N–H and O–H groups in total. The molecule has 0 radical (unpaired) electrons. The molecule has 0 aliphatic rings. The number of unbranched alkanes of at least 4 members (excludes halogenated alkanes) is 1. The summed E-state index contributed by atoms with van der Waals surface area (Å²) < 4.78 is 0. The standard InChI is InChI=1S/C4H10.CO2/c1-3-4-2;2-1-3/h3-4H2,1-2H3;. The van der Waals surface area contributed by atoms with Crippen molar-refractivity contribution in [3.05, 3.63) is 0 Å². The fourth-order valence-electron chi connectivity index (χ4n) is 0. The summed E-state index contributed by atoms with van der Waals surface area (Å²) in [5.41, 5.74) is 0. The van der Waals surface area contributed by atoms with Crippen molar-refractivity contribution in [1.82, 2.24) is 0 Å². The van der Waals surface area contributed by atoms with E-state index in [4.69, 9.17) is 9.59 Å². The van der Waals surface area contributed by atoms with Crippen LogP contribution in [0.3, 0.4) is 0 Å². The smallest absolute Gasteiger partial charge is 0.186 e. The van der Waals surface area contributed by atoms with Gasteiger partial charge in [-0.3, -0.25) is 0 Å². The Hall–Kier alpha value is -0.620. The molecule has 0 rings (SSSR count). The molecule has 0 aliphatic heterocycles. The van der Waals surface area contributed by atoms with Gasteiger partial charge >= 0.3 is 6.15 Å². The first-order chi connectivity index (χ1) is 3.33. The second kappa shape index (κ2) is 18.2. The van der Waals surface area contributed by atoms with Gasteiger partial charge in [-0.2, -0.15) is 9.59 Å². The molecule has 0 saturated heterocycles. The molecule has 42 valence electrons. The zero-order valence-electron chi connectivity index (χ0n) is 4.73. The summed E-state index contributed by atoms with van der Waals surface area (Å²) in [5.74, 6) is 0. The highest BCUT2D eigenvalue weighted by atomic mass is 16.2. The van der Waals surface area contributed by atoms with E-state index in [2.05, 4.69) is 13.8 Å². The molecule has 0 aromatic rings. The third-order valence-electron chi connectivity index (χ3n) is 0.500. The Balaban J connectivity index is 0. The van der Waals surface area contributed by atoms with Crippen molar-refractivity contribution >= 4 is 6.15 Å². The van der Waals surface area contributed by atoms with E-state index >= 15 is 0 Å². The molecule has 0 heterocycles. The summed E-state index contributed by atoms with van der Waals surface area (Å²) in [6, 6.07) is 0. The zero-order valence-corrected chi connectivity index (χ0v) is 4.73. The molecule has 2 nitrogen and oxygen atoms in total. The summed E-state index contributed by atoms with van der Waals surface area (Å²) in [4.78, 5) is 16.2. The lowest BCUT2D eigenvalue weighted by atomic mass is 10.4. The number of hydrogen-bond donors (Lipinski definition) is 0. The van der Waals surface area contributed by atoms with Gasteiger partial charge in [-0.15, -0.1) is 0 Å². The highest BCUT2D eigenvalue weighted by Crippen LogP contribution is 1.76. The highest BCUT2D eigenvalue weighted by molar-refractivity contribution is 5.20. The quantitative estimate of drug-likeness (QED) is 0.499. The zero-order chi connectivity index (χ0) is 6.12. The van der Waals surface area contributed by atoms with Gasteiger partial charge in [0.1, 0.15) is 0 Å². The Kier molecular flexibility index (Phi) is 25.1. The van der Waals surface area contributed by atoms with Gasteiger partial charge < -0.3 is 0 Å². The molecule has 0 aromatic carbocycles. The van der Waals surface area contributed by atoms with Crippen LogP contribution in [-0.2, 0) is 9.59 Å². The van der Waals surface area contributed by atoms with Crippen molar-refractivity contribution < 1.29 is 9.59 Å². The second-order valence-electron chi connectivity index (χ2n) is 1.08. The van der Waals surface area contributed by atoms with Gasteiger partial charge in [0.2, 0.25) is 0 Å².